The summed E-state index contributed by atoms with van der Waals surface area (Å²) in [4.78, 5) is 6.63. The molecule has 0 atom stereocenters. The van der Waals surface area contributed by atoms with Crippen molar-refractivity contribution < 1.29 is 0 Å². The Bertz CT molecular complexity index is 309. The molecule has 0 unspecified atom stereocenters. The molecular formula is C11H17N3S. The van der Waals surface area contributed by atoms with Gasteiger partial charge in [-0.25, -0.2) is 4.98 Å². The van der Waals surface area contributed by atoms with Gasteiger partial charge >= 0.3 is 0 Å². The van der Waals surface area contributed by atoms with Crippen LogP contribution in [-0.2, 0) is 13.1 Å². The number of rotatable bonds is 7. The smallest absolute Gasteiger partial charge is 0.106 e. The molecule has 0 saturated heterocycles. The van der Waals surface area contributed by atoms with Gasteiger partial charge in [-0.05, 0) is 0 Å². The highest BCUT2D eigenvalue weighted by Crippen LogP contribution is 2.11. The van der Waals surface area contributed by atoms with Gasteiger partial charge in [0, 0.05) is 31.6 Å². The third kappa shape index (κ3) is 3.95. The maximum Gasteiger partial charge on any atom is 0.106 e. The van der Waals surface area contributed by atoms with Gasteiger partial charge in [-0.1, -0.05) is 12.2 Å². The Labute approximate surface area is 94.9 Å². The summed E-state index contributed by atoms with van der Waals surface area (Å²) >= 11 is 1.61. The fraction of sp³-hybridized carbons (Fsp3) is 0.364. The number of hydrogen-bond acceptors (Lipinski definition) is 4. The van der Waals surface area contributed by atoms with Crippen molar-refractivity contribution in [2.24, 2.45) is 5.73 Å². The average Bonchev–Trinajstić information content (AvgIpc) is 2.66. The maximum atomic E-state index is 5.51. The Hall–Kier alpha value is -0.970. The van der Waals surface area contributed by atoms with E-state index < -0.39 is 0 Å². The Morgan fingerprint density at radius 1 is 1.40 bits per heavy atom. The molecule has 15 heavy (non-hydrogen) atoms. The molecule has 0 bridgehead atoms. The van der Waals surface area contributed by atoms with E-state index in [1.165, 1.54) is 0 Å². The highest BCUT2D eigenvalue weighted by Gasteiger charge is 2.05. The van der Waals surface area contributed by atoms with Crippen molar-refractivity contribution in [1.82, 2.24) is 9.88 Å². The topological polar surface area (TPSA) is 42.1 Å². The van der Waals surface area contributed by atoms with E-state index in [2.05, 4.69) is 28.4 Å². The molecule has 0 spiro atoms. The van der Waals surface area contributed by atoms with E-state index in [4.69, 9.17) is 5.73 Å². The average molecular weight is 223 g/mol. The normalized spacial score (nSPS) is 10.5. The second-order valence-electron chi connectivity index (χ2n) is 3.21. The minimum absolute atomic E-state index is 0.521. The molecule has 0 fully saturated rings. The molecule has 0 aromatic carbocycles. The SMILES string of the molecule is C=CCN(CC=C)Cc1csc(CN)n1. The van der Waals surface area contributed by atoms with Crippen molar-refractivity contribution in [3.8, 4) is 0 Å². The summed E-state index contributed by atoms with van der Waals surface area (Å²) in [5.41, 5.74) is 6.59. The van der Waals surface area contributed by atoms with Gasteiger partial charge in [-0.2, -0.15) is 0 Å². The van der Waals surface area contributed by atoms with E-state index in [0.29, 0.717) is 6.54 Å². The molecule has 0 radical (unpaired) electrons. The van der Waals surface area contributed by atoms with Gasteiger partial charge in [0.05, 0.1) is 5.69 Å². The van der Waals surface area contributed by atoms with Gasteiger partial charge < -0.3 is 5.73 Å². The molecule has 2 N–H and O–H groups in total. The van der Waals surface area contributed by atoms with Gasteiger partial charge in [-0.3, -0.25) is 4.90 Å². The summed E-state index contributed by atoms with van der Waals surface area (Å²) < 4.78 is 0. The molecule has 0 aliphatic rings. The third-order valence-electron chi connectivity index (χ3n) is 1.93. The molecule has 0 amide bonds. The van der Waals surface area contributed by atoms with E-state index in [-0.39, 0.29) is 0 Å². The molecule has 1 aromatic rings. The molecular weight excluding hydrogens is 206 g/mol. The predicted molar refractivity (Wildman–Crippen MR) is 65.7 cm³/mol. The largest absolute Gasteiger partial charge is 0.325 e. The Morgan fingerprint density at radius 2 is 2.07 bits per heavy atom. The van der Waals surface area contributed by atoms with Crippen LogP contribution in [0, 0.1) is 0 Å². The van der Waals surface area contributed by atoms with Crippen LogP contribution < -0.4 is 5.73 Å². The maximum absolute atomic E-state index is 5.51. The molecule has 3 nitrogen and oxygen atoms in total. The number of hydrogen-bond donors (Lipinski definition) is 1. The first-order valence-electron chi connectivity index (χ1n) is 4.87. The lowest BCUT2D eigenvalue weighted by Gasteiger charge is -2.16. The van der Waals surface area contributed by atoms with E-state index in [0.717, 1.165) is 30.3 Å². The summed E-state index contributed by atoms with van der Waals surface area (Å²) in [5, 5.41) is 3.05. The molecule has 0 saturated carbocycles. The zero-order valence-electron chi connectivity index (χ0n) is 8.85. The van der Waals surface area contributed by atoms with Crippen molar-refractivity contribution in [1.29, 1.82) is 0 Å². The van der Waals surface area contributed by atoms with Gasteiger partial charge in [0.1, 0.15) is 5.01 Å². The van der Waals surface area contributed by atoms with E-state index >= 15 is 0 Å². The summed E-state index contributed by atoms with van der Waals surface area (Å²) in [6, 6.07) is 0. The molecule has 4 heteroatoms. The van der Waals surface area contributed by atoms with Crippen LogP contribution in [0.4, 0.5) is 0 Å². The first kappa shape index (κ1) is 12.1. The lowest BCUT2D eigenvalue weighted by atomic mass is 10.4. The number of thiazole rings is 1. The van der Waals surface area contributed by atoms with Crippen molar-refractivity contribution in [3.05, 3.63) is 41.4 Å². The number of aromatic nitrogens is 1. The fourth-order valence-corrected chi connectivity index (χ4v) is 1.98. The molecule has 0 aliphatic carbocycles. The minimum Gasteiger partial charge on any atom is -0.325 e. The lowest BCUT2D eigenvalue weighted by molar-refractivity contribution is 0.324. The highest BCUT2D eigenvalue weighted by molar-refractivity contribution is 7.09. The first-order chi connectivity index (χ1) is 7.30. The monoisotopic (exact) mass is 223 g/mol. The number of nitrogens with zero attached hydrogens (tertiary/aromatic N) is 2. The second-order valence-corrected chi connectivity index (χ2v) is 4.15. The summed E-state index contributed by atoms with van der Waals surface area (Å²) in [6.07, 6.45) is 3.78. The zero-order valence-corrected chi connectivity index (χ0v) is 9.67. The standard InChI is InChI=1S/C11H17N3S/c1-3-5-14(6-4-2)8-10-9-15-11(7-12)13-10/h3-4,9H,1-2,5-8,12H2. The van der Waals surface area contributed by atoms with Crippen molar-refractivity contribution in [3.63, 3.8) is 0 Å². The van der Waals surface area contributed by atoms with Crippen LogP contribution in [-0.4, -0.2) is 23.0 Å². The van der Waals surface area contributed by atoms with E-state index in [1.54, 1.807) is 11.3 Å². The Balaban J connectivity index is 2.55. The van der Waals surface area contributed by atoms with Crippen LogP contribution in [0.2, 0.25) is 0 Å². The summed E-state index contributed by atoms with van der Waals surface area (Å²) in [6.45, 7) is 10.5. The molecule has 1 aromatic heterocycles. The predicted octanol–water partition coefficient (Wildman–Crippen LogP) is 1.78. The molecule has 1 heterocycles. The molecule has 1 rings (SSSR count). The van der Waals surface area contributed by atoms with Crippen molar-refractivity contribution in [2.45, 2.75) is 13.1 Å². The Kier molecular flexibility index (Phi) is 5.25. The van der Waals surface area contributed by atoms with Crippen LogP contribution in [0.15, 0.2) is 30.7 Å². The van der Waals surface area contributed by atoms with Crippen LogP contribution >= 0.6 is 11.3 Å². The lowest BCUT2D eigenvalue weighted by Crippen LogP contribution is -2.23. The van der Waals surface area contributed by atoms with Crippen LogP contribution in [0.1, 0.15) is 10.7 Å². The zero-order chi connectivity index (χ0) is 11.1. The minimum atomic E-state index is 0.521. The van der Waals surface area contributed by atoms with E-state index in [1.807, 2.05) is 12.2 Å². The van der Waals surface area contributed by atoms with Crippen LogP contribution in [0.3, 0.4) is 0 Å². The Morgan fingerprint density at radius 3 is 2.53 bits per heavy atom. The van der Waals surface area contributed by atoms with Gasteiger partial charge in [0.15, 0.2) is 0 Å². The van der Waals surface area contributed by atoms with E-state index in [9.17, 15) is 0 Å². The first-order valence-corrected chi connectivity index (χ1v) is 5.75. The van der Waals surface area contributed by atoms with Crippen molar-refractivity contribution >= 4 is 11.3 Å². The van der Waals surface area contributed by atoms with Gasteiger partial charge in [0.2, 0.25) is 0 Å². The summed E-state index contributed by atoms with van der Waals surface area (Å²) in [5.74, 6) is 0. The summed E-state index contributed by atoms with van der Waals surface area (Å²) in [7, 11) is 0. The van der Waals surface area contributed by atoms with Gasteiger partial charge in [-0.15, -0.1) is 24.5 Å². The molecule has 0 aliphatic heterocycles. The van der Waals surface area contributed by atoms with Crippen LogP contribution in [0.25, 0.3) is 0 Å². The molecule has 82 valence electrons. The van der Waals surface area contributed by atoms with Crippen molar-refractivity contribution in [2.75, 3.05) is 13.1 Å². The van der Waals surface area contributed by atoms with Gasteiger partial charge in [0.25, 0.3) is 0 Å². The second kappa shape index (κ2) is 6.50. The quantitative estimate of drug-likeness (QED) is 0.716. The highest BCUT2D eigenvalue weighted by atomic mass is 32.1. The fourth-order valence-electron chi connectivity index (χ4n) is 1.31. The third-order valence-corrected chi connectivity index (χ3v) is 2.85. The number of nitrogens with two attached hydrogens (primary N) is 1. The van der Waals surface area contributed by atoms with Crippen LogP contribution in [0.5, 0.6) is 0 Å².